The number of sulfonamides is 1. The van der Waals surface area contributed by atoms with Gasteiger partial charge in [-0.05, 0) is 42.0 Å². The summed E-state index contributed by atoms with van der Waals surface area (Å²) in [7, 11) is -2.50. The second-order valence-electron chi connectivity index (χ2n) is 5.24. The zero-order chi connectivity index (χ0) is 19.2. The van der Waals surface area contributed by atoms with Gasteiger partial charge in [0.15, 0.2) is 0 Å². The van der Waals surface area contributed by atoms with Gasteiger partial charge < -0.3 is 0 Å². The van der Waals surface area contributed by atoms with E-state index in [0.29, 0.717) is 16.1 Å². The Morgan fingerprint density at radius 3 is 2.42 bits per heavy atom. The molecule has 2 aromatic rings. The van der Waals surface area contributed by atoms with Crippen molar-refractivity contribution in [3.63, 3.8) is 0 Å². The Bertz CT molecular complexity index is 949. The molecular formula is C17H15ClN4O3S. The second-order valence-corrected chi connectivity index (χ2v) is 7.72. The minimum Gasteiger partial charge on any atom is -0.272 e. The van der Waals surface area contributed by atoms with E-state index in [1.54, 1.807) is 24.3 Å². The molecule has 7 nitrogen and oxygen atoms in total. The topological polar surface area (TPSA) is 103 Å². The average molecular weight is 391 g/mol. The Hall–Kier alpha value is -2.73. The maximum atomic E-state index is 12.4. The molecule has 2 aromatic carbocycles. The first-order chi connectivity index (χ1) is 12.3. The summed E-state index contributed by atoms with van der Waals surface area (Å²) in [4.78, 5) is 11.9. The van der Waals surface area contributed by atoms with E-state index < -0.39 is 22.5 Å². The quantitative estimate of drug-likeness (QED) is 0.601. The number of benzene rings is 2. The maximum absolute atomic E-state index is 12.4. The van der Waals surface area contributed by atoms with Gasteiger partial charge in [-0.3, -0.25) is 4.79 Å². The zero-order valence-corrected chi connectivity index (χ0v) is 15.3. The van der Waals surface area contributed by atoms with Gasteiger partial charge in [-0.2, -0.15) is 14.7 Å². The first-order valence-electron chi connectivity index (χ1n) is 7.37. The van der Waals surface area contributed by atoms with E-state index in [4.69, 9.17) is 16.9 Å². The molecule has 0 spiro atoms. The molecule has 0 aliphatic heterocycles. The minimum atomic E-state index is -3.80. The molecule has 0 aliphatic carbocycles. The summed E-state index contributed by atoms with van der Waals surface area (Å²) in [5.74, 6) is -0.588. The molecule has 0 atom stereocenters. The largest absolute Gasteiger partial charge is 0.272 e. The minimum absolute atomic E-state index is 0.0401. The molecule has 0 unspecified atom stereocenters. The lowest BCUT2D eigenvalue weighted by atomic mass is 10.2. The van der Waals surface area contributed by atoms with Crippen molar-refractivity contribution in [3.05, 3.63) is 64.7 Å². The number of nitrogens with one attached hydrogen (secondary N) is 1. The van der Waals surface area contributed by atoms with E-state index in [0.717, 1.165) is 4.31 Å². The monoisotopic (exact) mass is 390 g/mol. The SMILES string of the molecule is CN(CC(=O)N/N=C\c1ccc(C#N)cc1)S(=O)(=O)c1ccc(Cl)cc1. The summed E-state index contributed by atoms with van der Waals surface area (Å²) in [5, 5.41) is 12.9. The lowest BCUT2D eigenvalue weighted by Gasteiger charge is -2.16. The molecule has 0 bridgehead atoms. The maximum Gasteiger partial charge on any atom is 0.255 e. The summed E-state index contributed by atoms with van der Waals surface area (Å²) in [6.07, 6.45) is 1.40. The van der Waals surface area contributed by atoms with Crippen LogP contribution in [0.2, 0.25) is 5.02 Å². The highest BCUT2D eigenvalue weighted by atomic mass is 35.5. The van der Waals surface area contributed by atoms with Gasteiger partial charge in [0.05, 0.1) is 29.3 Å². The predicted molar refractivity (Wildman–Crippen MR) is 98.2 cm³/mol. The smallest absolute Gasteiger partial charge is 0.255 e. The van der Waals surface area contributed by atoms with Gasteiger partial charge in [0, 0.05) is 12.1 Å². The summed E-state index contributed by atoms with van der Waals surface area (Å²) in [6.45, 7) is -0.393. The van der Waals surface area contributed by atoms with Crippen molar-refractivity contribution in [2.75, 3.05) is 13.6 Å². The highest BCUT2D eigenvalue weighted by molar-refractivity contribution is 7.89. The van der Waals surface area contributed by atoms with Gasteiger partial charge >= 0.3 is 0 Å². The number of carbonyl (C=O) groups excluding carboxylic acids is 1. The van der Waals surface area contributed by atoms with E-state index >= 15 is 0 Å². The number of hydrogen-bond donors (Lipinski definition) is 1. The molecule has 1 amide bonds. The molecule has 1 N–H and O–H groups in total. The first kappa shape index (κ1) is 19.6. The third-order valence-electron chi connectivity index (χ3n) is 3.33. The Kier molecular flexibility index (Phi) is 6.46. The van der Waals surface area contributed by atoms with Crippen LogP contribution in [0.15, 0.2) is 58.5 Å². The van der Waals surface area contributed by atoms with Crippen LogP contribution in [0.25, 0.3) is 0 Å². The molecule has 9 heteroatoms. The third kappa shape index (κ3) is 5.13. The van der Waals surface area contributed by atoms with Crippen LogP contribution in [0, 0.1) is 11.3 Å². The molecule has 0 saturated carbocycles. The van der Waals surface area contributed by atoms with Crippen molar-refractivity contribution < 1.29 is 13.2 Å². The second kappa shape index (κ2) is 8.58. The van der Waals surface area contributed by atoms with Crippen LogP contribution in [-0.4, -0.2) is 38.4 Å². The summed E-state index contributed by atoms with van der Waals surface area (Å²) >= 11 is 5.75. The van der Waals surface area contributed by atoms with Crippen molar-refractivity contribution >= 4 is 33.7 Å². The normalized spacial score (nSPS) is 11.5. The number of hydrazone groups is 1. The van der Waals surface area contributed by atoms with Crippen molar-refractivity contribution in [1.82, 2.24) is 9.73 Å². The molecule has 0 radical (unpaired) electrons. The molecule has 0 fully saturated rings. The lowest BCUT2D eigenvalue weighted by Crippen LogP contribution is -2.36. The van der Waals surface area contributed by atoms with Gasteiger partial charge in [-0.15, -0.1) is 0 Å². The highest BCUT2D eigenvalue weighted by Crippen LogP contribution is 2.17. The molecule has 2 rings (SSSR count). The zero-order valence-electron chi connectivity index (χ0n) is 13.8. The number of nitriles is 1. The molecule has 0 aromatic heterocycles. The van der Waals surface area contributed by atoms with Crippen molar-refractivity contribution in [1.29, 1.82) is 5.26 Å². The van der Waals surface area contributed by atoms with E-state index in [1.165, 1.54) is 37.5 Å². The molecule has 0 saturated heterocycles. The Morgan fingerprint density at radius 2 is 1.85 bits per heavy atom. The highest BCUT2D eigenvalue weighted by Gasteiger charge is 2.22. The standard InChI is InChI=1S/C17H15ClN4O3S/c1-22(26(24,25)16-8-6-15(18)7-9-16)12-17(23)21-20-11-14-4-2-13(10-19)3-5-14/h2-9,11H,12H2,1H3,(H,21,23)/b20-11-. The Balaban J connectivity index is 1.94. The average Bonchev–Trinajstić information content (AvgIpc) is 2.62. The van der Waals surface area contributed by atoms with E-state index in [1.807, 2.05) is 6.07 Å². The number of rotatable bonds is 6. The lowest BCUT2D eigenvalue weighted by molar-refractivity contribution is -0.121. The number of carbonyl (C=O) groups is 1. The van der Waals surface area contributed by atoms with Gasteiger partial charge in [0.2, 0.25) is 10.0 Å². The van der Waals surface area contributed by atoms with E-state index in [-0.39, 0.29) is 4.90 Å². The Labute approximate surface area is 156 Å². The van der Waals surface area contributed by atoms with Crippen LogP contribution >= 0.6 is 11.6 Å². The van der Waals surface area contributed by atoms with E-state index in [2.05, 4.69) is 10.5 Å². The number of hydrogen-bond acceptors (Lipinski definition) is 5. The Morgan fingerprint density at radius 1 is 1.23 bits per heavy atom. The van der Waals surface area contributed by atoms with Crippen LogP contribution in [0.4, 0.5) is 0 Å². The van der Waals surface area contributed by atoms with Crippen molar-refractivity contribution in [2.45, 2.75) is 4.90 Å². The van der Waals surface area contributed by atoms with Gasteiger partial charge in [0.25, 0.3) is 5.91 Å². The fourth-order valence-corrected chi connectivity index (χ4v) is 3.18. The fraction of sp³-hybridized carbons (Fsp3) is 0.118. The third-order valence-corrected chi connectivity index (χ3v) is 5.40. The van der Waals surface area contributed by atoms with Gasteiger partial charge in [0.1, 0.15) is 0 Å². The van der Waals surface area contributed by atoms with Crippen LogP contribution in [0.3, 0.4) is 0 Å². The van der Waals surface area contributed by atoms with Crippen LogP contribution in [0.1, 0.15) is 11.1 Å². The van der Waals surface area contributed by atoms with Gasteiger partial charge in [-0.25, -0.2) is 13.8 Å². The summed E-state index contributed by atoms with van der Waals surface area (Å²) in [6, 6.07) is 14.2. The number of halogens is 1. The van der Waals surface area contributed by atoms with Crippen LogP contribution < -0.4 is 5.43 Å². The summed E-state index contributed by atoms with van der Waals surface area (Å²) < 4.78 is 25.7. The van der Waals surface area contributed by atoms with E-state index in [9.17, 15) is 13.2 Å². The molecule has 0 heterocycles. The molecular weight excluding hydrogens is 376 g/mol. The van der Waals surface area contributed by atoms with Crippen molar-refractivity contribution in [2.24, 2.45) is 5.10 Å². The summed E-state index contributed by atoms with van der Waals surface area (Å²) in [5.41, 5.74) is 3.46. The first-order valence-corrected chi connectivity index (χ1v) is 9.18. The number of likely N-dealkylation sites (N-methyl/N-ethyl adjacent to an activating group) is 1. The molecule has 134 valence electrons. The van der Waals surface area contributed by atoms with Gasteiger partial charge in [-0.1, -0.05) is 23.7 Å². The predicted octanol–water partition coefficient (Wildman–Crippen LogP) is 1.98. The molecule has 0 aliphatic rings. The fourth-order valence-electron chi connectivity index (χ4n) is 1.93. The van der Waals surface area contributed by atoms with Crippen LogP contribution in [-0.2, 0) is 14.8 Å². The number of amides is 1. The van der Waals surface area contributed by atoms with Crippen molar-refractivity contribution in [3.8, 4) is 6.07 Å². The number of nitrogens with zero attached hydrogens (tertiary/aromatic N) is 3. The molecule has 26 heavy (non-hydrogen) atoms. The van der Waals surface area contributed by atoms with Crippen LogP contribution in [0.5, 0.6) is 0 Å².